The summed E-state index contributed by atoms with van der Waals surface area (Å²) in [4.78, 5) is 11.2. The number of nitrogens with two attached hydrogens (primary N) is 1. The summed E-state index contributed by atoms with van der Waals surface area (Å²) in [5, 5.41) is 0. The van der Waals surface area contributed by atoms with Crippen LogP contribution in [0, 0.1) is 0 Å². The van der Waals surface area contributed by atoms with E-state index in [0.717, 1.165) is 0 Å². The SMILES string of the molecule is COC(=O)c1ccc(OC2COC2)c(N)c1. The Kier molecular flexibility index (Phi) is 2.96. The Morgan fingerprint density at radius 2 is 2.25 bits per heavy atom. The maximum Gasteiger partial charge on any atom is 0.337 e. The molecule has 16 heavy (non-hydrogen) atoms. The molecule has 1 aromatic carbocycles. The highest BCUT2D eigenvalue weighted by Gasteiger charge is 2.21. The number of hydrogen-bond acceptors (Lipinski definition) is 5. The number of ether oxygens (including phenoxy) is 3. The number of esters is 1. The van der Waals surface area contributed by atoms with Crippen molar-refractivity contribution in [2.75, 3.05) is 26.1 Å². The van der Waals surface area contributed by atoms with Crippen molar-refractivity contribution in [1.82, 2.24) is 0 Å². The minimum absolute atomic E-state index is 0.0614. The Morgan fingerprint density at radius 1 is 1.50 bits per heavy atom. The van der Waals surface area contributed by atoms with Crippen LogP contribution < -0.4 is 10.5 Å². The minimum Gasteiger partial charge on any atom is -0.483 e. The number of hydrogen-bond donors (Lipinski definition) is 1. The van der Waals surface area contributed by atoms with Gasteiger partial charge >= 0.3 is 5.97 Å². The van der Waals surface area contributed by atoms with Crippen LogP contribution in [0.3, 0.4) is 0 Å². The molecule has 1 aromatic rings. The van der Waals surface area contributed by atoms with Gasteiger partial charge in [0, 0.05) is 0 Å². The maximum absolute atomic E-state index is 11.2. The first-order valence-electron chi connectivity index (χ1n) is 4.93. The highest BCUT2D eigenvalue weighted by atomic mass is 16.6. The van der Waals surface area contributed by atoms with Crippen molar-refractivity contribution >= 4 is 11.7 Å². The molecule has 0 atom stereocenters. The second-order valence-corrected chi connectivity index (χ2v) is 3.52. The van der Waals surface area contributed by atoms with E-state index in [0.29, 0.717) is 30.2 Å². The van der Waals surface area contributed by atoms with E-state index >= 15 is 0 Å². The molecule has 2 N–H and O–H groups in total. The van der Waals surface area contributed by atoms with E-state index in [9.17, 15) is 4.79 Å². The summed E-state index contributed by atoms with van der Waals surface area (Å²) >= 11 is 0. The van der Waals surface area contributed by atoms with E-state index in [1.807, 2.05) is 0 Å². The molecule has 0 bridgehead atoms. The topological polar surface area (TPSA) is 70.8 Å². The quantitative estimate of drug-likeness (QED) is 0.607. The third-order valence-electron chi connectivity index (χ3n) is 2.33. The predicted molar refractivity (Wildman–Crippen MR) is 57.4 cm³/mol. The molecule has 0 spiro atoms. The molecule has 1 fully saturated rings. The molecule has 1 aliphatic heterocycles. The standard InChI is InChI=1S/C11H13NO4/c1-14-11(13)7-2-3-10(9(12)4-7)16-8-5-15-6-8/h2-4,8H,5-6,12H2,1H3. The van der Waals surface area contributed by atoms with Gasteiger partial charge < -0.3 is 19.9 Å². The third-order valence-corrected chi connectivity index (χ3v) is 2.33. The van der Waals surface area contributed by atoms with Gasteiger partial charge in [0.25, 0.3) is 0 Å². The number of methoxy groups -OCH3 is 1. The fourth-order valence-electron chi connectivity index (χ4n) is 1.36. The second kappa shape index (κ2) is 4.40. The van der Waals surface area contributed by atoms with Gasteiger partial charge in [-0.15, -0.1) is 0 Å². The van der Waals surface area contributed by atoms with E-state index in [2.05, 4.69) is 4.74 Å². The zero-order valence-corrected chi connectivity index (χ0v) is 8.93. The lowest BCUT2D eigenvalue weighted by Gasteiger charge is -2.27. The zero-order chi connectivity index (χ0) is 11.5. The van der Waals surface area contributed by atoms with Gasteiger partial charge in [-0.05, 0) is 18.2 Å². The highest BCUT2D eigenvalue weighted by molar-refractivity contribution is 5.90. The summed E-state index contributed by atoms with van der Waals surface area (Å²) in [6, 6.07) is 4.83. The average Bonchev–Trinajstić information content (AvgIpc) is 2.23. The van der Waals surface area contributed by atoms with Crippen LogP contribution in [0.5, 0.6) is 5.75 Å². The van der Waals surface area contributed by atoms with Gasteiger partial charge in [0.2, 0.25) is 0 Å². The first-order valence-corrected chi connectivity index (χ1v) is 4.93. The molecule has 1 heterocycles. The van der Waals surface area contributed by atoms with E-state index in [1.165, 1.54) is 7.11 Å². The van der Waals surface area contributed by atoms with Gasteiger partial charge in [-0.1, -0.05) is 0 Å². The summed E-state index contributed by atoms with van der Waals surface area (Å²) in [7, 11) is 1.33. The van der Waals surface area contributed by atoms with E-state index in [1.54, 1.807) is 18.2 Å². The Hall–Kier alpha value is -1.75. The van der Waals surface area contributed by atoms with Crippen LogP contribution in [0.15, 0.2) is 18.2 Å². The largest absolute Gasteiger partial charge is 0.483 e. The van der Waals surface area contributed by atoms with Crippen molar-refractivity contribution in [2.45, 2.75) is 6.10 Å². The van der Waals surface area contributed by atoms with Crippen molar-refractivity contribution < 1.29 is 19.0 Å². The first kappa shape index (κ1) is 10.8. The Balaban J connectivity index is 2.12. The fourth-order valence-corrected chi connectivity index (χ4v) is 1.36. The molecule has 1 aliphatic rings. The maximum atomic E-state index is 11.2. The molecule has 0 aliphatic carbocycles. The summed E-state index contributed by atoms with van der Waals surface area (Å²) < 4.78 is 15.1. The molecule has 5 heteroatoms. The van der Waals surface area contributed by atoms with Gasteiger partial charge in [0.05, 0.1) is 31.6 Å². The first-order chi connectivity index (χ1) is 7.70. The van der Waals surface area contributed by atoms with E-state index in [-0.39, 0.29) is 6.10 Å². The molecule has 0 aromatic heterocycles. The van der Waals surface area contributed by atoms with Gasteiger partial charge in [-0.3, -0.25) is 0 Å². The summed E-state index contributed by atoms with van der Waals surface area (Å²) in [5.74, 6) is 0.159. The Bertz CT molecular complexity index is 401. The van der Waals surface area contributed by atoms with Crippen LogP contribution in [0.1, 0.15) is 10.4 Å². The van der Waals surface area contributed by atoms with Crippen molar-refractivity contribution in [3.63, 3.8) is 0 Å². The lowest BCUT2D eigenvalue weighted by molar-refractivity contribution is -0.0793. The molecule has 0 radical (unpaired) electrons. The molecule has 0 unspecified atom stereocenters. The molecule has 86 valence electrons. The van der Waals surface area contributed by atoms with Crippen molar-refractivity contribution in [3.05, 3.63) is 23.8 Å². The van der Waals surface area contributed by atoms with Gasteiger partial charge in [-0.2, -0.15) is 0 Å². The Morgan fingerprint density at radius 3 is 2.75 bits per heavy atom. The lowest BCUT2D eigenvalue weighted by atomic mass is 10.2. The molecule has 2 rings (SSSR count). The van der Waals surface area contributed by atoms with Crippen LogP contribution in [-0.4, -0.2) is 32.4 Å². The second-order valence-electron chi connectivity index (χ2n) is 3.52. The van der Waals surface area contributed by atoms with Crippen LogP contribution in [0.25, 0.3) is 0 Å². The van der Waals surface area contributed by atoms with Crippen LogP contribution in [0.2, 0.25) is 0 Å². The van der Waals surface area contributed by atoms with Crippen molar-refractivity contribution in [2.24, 2.45) is 0 Å². The number of benzene rings is 1. The number of carbonyl (C=O) groups excluding carboxylic acids is 1. The van der Waals surface area contributed by atoms with E-state index in [4.69, 9.17) is 15.2 Å². The molecule has 0 amide bonds. The van der Waals surface area contributed by atoms with Crippen LogP contribution in [0.4, 0.5) is 5.69 Å². The predicted octanol–water partition coefficient (Wildman–Crippen LogP) is 0.833. The Labute approximate surface area is 93.1 Å². The van der Waals surface area contributed by atoms with Gasteiger partial charge in [0.15, 0.2) is 0 Å². The molecular formula is C11H13NO4. The van der Waals surface area contributed by atoms with Crippen molar-refractivity contribution in [3.8, 4) is 5.75 Å². The van der Waals surface area contributed by atoms with Gasteiger partial charge in [-0.25, -0.2) is 4.79 Å². The highest BCUT2D eigenvalue weighted by Crippen LogP contribution is 2.25. The average molecular weight is 223 g/mol. The van der Waals surface area contributed by atoms with Crippen LogP contribution >= 0.6 is 0 Å². The fraction of sp³-hybridized carbons (Fsp3) is 0.364. The number of anilines is 1. The smallest absolute Gasteiger partial charge is 0.337 e. The third kappa shape index (κ3) is 2.09. The number of rotatable bonds is 3. The molecular weight excluding hydrogens is 210 g/mol. The molecule has 1 saturated heterocycles. The summed E-state index contributed by atoms with van der Waals surface area (Å²) in [6.45, 7) is 1.16. The number of nitrogen functional groups attached to an aromatic ring is 1. The number of carbonyl (C=O) groups is 1. The van der Waals surface area contributed by atoms with Gasteiger partial charge in [0.1, 0.15) is 11.9 Å². The van der Waals surface area contributed by atoms with E-state index < -0.39 is 5.97 Å². The normalized spacial score (nSPS) is 15.3. The minimum atomic E-state index is -0.412. The monoisotopic (exact) mass is 223 g/mol. The summed E-state index contributed by atoms with van der Waals surface area (Å²) in [5.41, 5.74) is 6.61. The molecule has 0 saturated carbocycles. The zero-order valence-electron chi connectivity index (χ0n) is 8.93. The van der Waals surface area contributed by atoms with Crippen LogP contribution in [-0.2, 0) is 9.47 Å². The lowest BCUT2D eigenvalue weighted by Crippen LogP contribution is -2.38. The summed E-state index contributed by atoms with van der Waals surface area (Å²) in [6.07, 6.45) is 0.0614. The van der Waals surface area contributed by atoms with Crippen molar-refractivity contribution in [1.29, 1.82) is 0 Å². The molecule has 5 nitrogen and oxygen atoms in total.